The van der Waals surface area contributed by atoms with Gasteiger partial charge in [-0.1, -0.05) is 55.2 Å². The number of ether oxygens (including phenoxy) is 1. The largest absolute Gasteiger partial charge is 0.489 e. The van der Waals surface area contributed by atoms with Crippen molar-refractivity contribution in [2.24, 2.45) is 5.41 Å². The van der Waals surface area contributed by atoms with Gasteiger partial charge in [-0.3, -0.25) is 4.90 Å². The van der Waals surface area contributed by atoms with Crippen LogP contribution < -0.4 is 4.74 Å². The van der Waals surface area contributed by atoms with Crippen molar-refractivity contribution in [2.75, 3.05) is 13.1 Å². The van der Waals surface area contributed by atoms with Crippen LogP contribution >= 0.6 is 23.7 Å². The highest BCUT2D eigenvalue weighted by Gasteiger charge is 2.05. The summed E-state index contributed by atoms with van der Waals surface area (Å²) in [4.78, 5) is 2.39. The standard InChI is InChI=1S/C29H33NOS.ClH/c1-5-30(17-8-6-7-16-29(2,3)4)21-24-11-10-14-28(20-24)31-22-25-12-9-13-26(19-25)27-15-18-32-23-27;/h6,8-15,18-20,23H,5,17,21-22H2,1-4H3;1H/b8-6+;. The smallest absolute Gasteiger partial charge is 0.120 e. The second-order valence-electron chi connectivity index (χ2n) is 8.90. The van der Waals surface area contributed by atoms with Crippen LogP contribution in [0.3, 0.4) is 0 Å². The summed E-state index contributed by atoms with van der Waals surface area (Å²) >= 11 is 1.72. The lowest BCUT2D eigenvalue weighted by molar-refractivity contribution is 0.299. The van der Waals surface area contributed by atoms with Gasteiger partial charge in [-0.25, -0.2) is 0 Å². The highest BCUT2D eigenvalue weighted by molar-refractivity contribution is 7.08. The number of hydrogen-bond donors (Lipinski definition) is 0. The first kappa shape index (κ1) is 26.7. The van der Waals surface area contributed by atoms with E-state index < -0.39 is 0 Å². The molecule has 0 atom stereocenters. The molecule has 0 saturated carbocycles. The summed E-state index contributed by atoms with van der Waals surface area (Å²) in [6, 6.07) is 19.1. The average Bonchev–Trinajstić information content (AvgIpc) is 3.31. The van der Waals surface area contributed by atoms with Gasteiger partial charge in [0.15, 0.2) is 0 Å². The SMILES string of the molecule is CCN(C/C=C/C#CC(C)(C)C)Cc1cccc(OCc2cccc(-c3ccsc3)c2)c1.Cl. The Morgan fingerprint density at radius 3 is 2.52 bits per heavy atom. The zero-order chi connectivity index (χ0) is 22.8. The van der Waals surface area contributed by atoms with Gasteiger partial charge in [0, 0.05) is 18.5 Å². The average molecular weight is 480 g/mol. The van der Waals surface area contributed by atoms with Crippen LogP contribution in [0, 0.1) is 17.3 Å². The zero-order valence-corrected chi connectivity index (χ0v) is 21.6. The van der Waals surface area contributed by atoms with Crippen molar-refractivity contribution in [3.05, 3.63) is 88.6 Å². The van der Waals surface area contributed by atoms with E-state index in [1.807, 2.05) is 12.1 Å². The number of benzene rings is 2. The minimum absolute atomic E-state index is 0. The third-order valence-corrected chi connectivity index (χ3v) is 5.63. The van der Waals surface area contributed by atoms with Gasteiger partial charge in [-0.05, 0) is 90.7 Å². The molecule has 2 aromatic carbocycles. The monoisotopic (exact) mass is 479 g/mol. The lowest BCUT2D eigenvalue weighted by Crippen LogP contribution is -2.22. The molecule has 1 heterocycles. The Morgan fingerprint density at radius 1 is 1.00 bits per heavy atom. The molecule has 0 amide bonds. The van der Waals surface area contributed by atoms with E-state index in [-0.39, 0.29) is 17.8 Å². The lowest BCUT2D eigenvalue weighted by atomic mass is 9.98. The maximum atomic E-state index is 6.12. The molecule has 3 rings (SSSR count). The van der Waals surface area contributed by atoms with Crippen LogP contribution in [0.2, 0.25) is 0 Å². The molecule has 0 aliphatic heterocycles. The topological polar surface area (TPSA) is 12.5 Å². The van der Waals surface area contributed by atoms with E-state index in [0.29, 0.717) is 6.61 Å². The molecule has 174 valence electrons. The predicted molar refractivity (Wildman–Crippen MR) is 145 cm³/mol. The number of nitrogens with zero attached hydrogens (tertiary/aromatic N) is 1. The molecule has 0 aliphatic carbocycles. The molecule has 3 aromatic rings. The first-order valence-electron chi connectivity index (χ1n) is 11.2. The molecule has 4 heteroatoms. The van der Waals surface area contributed by atoms with E-state index in [2.05, 4.69) is 110 Å². The molecule has 1 aromatic heterocycles. The summed E-state index contributed by atoms with van der Waals surface area (Å²) in [5.41, 5.74) is 4.97. The molecule has 0 spiro atoms. The predicted octanol–water partition coefficient (Wildman–Crippen LogP) is 7.84. The number of likely N-dealkylation sites (N-methyl/N-ethyl adjacent to an activating group) is 1. The Labute approximate surface area is 209 Å². The first-order chi connectivity index (χ1) is 15.4. The molecular formula is C29H34ClNOS. The maximum absolute atomic E-state index is 6.12. The fourth-order valence-electron chi connectivity index (χ4n) is 3.25. The normalized spacial score (nSPS) is 11.2. The Balaban J connectivity index is 0.00000385. The van der Waals surface area contributed by atoms with Gasteiger partial charge in [0.25, 0.3) is 0 Å². The summed E-state index contributed by atoms with van der Waals surface area (Å²) in [6.07, 6.45) is 4.11. The van der Waals surface area contributed by atoms with E-state index in [0.717, 1.165) is 25.4 Å². The van der Waals surface area contributed by atoms with Crippen LogP contribution in [0.5, 0.6) is 5.75 Å². The number of thiophene rings is 1. The zero-order valence-electron chi connectivity index (χ0n) is 20.0. The Morgan fingerprint density at radius 2 is 1.79 bits per heavy atom. The van der Waals surface area contributed by atoms with Crippen LogP contribution in [0.4, 0.5) is 0 Å². The van der Waals surface area contributed by atoms with Gasteiger partial charge in [-0.2, -0.15) is 11.3 Å². The Hall–Kier alpha value is -2.51. The minimum atomic E-state index is 0. The third kappa shape index (κ3) is 9.48. The van der Waals surface area contributed by atoms with Gasteiger partial charge in [0.05, 0.1) is 0 Å². The maximum Gasteiger partial charge on any atom is 0.120 e. The second kappa shape index (κ2) is 13.3. The minimum Gasteiger partial charge on any atom is -0.489 e. The number of hydrogen-bond acceptors (Lipinski definition) is 3. The van der Waals surface area contributed by atoms with Gasteiger partial charge >= 0.3 is 0 Å². The van der Waals surface area contributed by atoms with Crippen molar-refractivity contribution < 1.29 is 4.74 Å². The van der Waals surface area contributed by atoms with Crippen molar-refractivity contribution in [3.63, 3.8) is 0 Å². The Bertz CT molecular complexity index is 1070. The van der Waals surface area contributed by atoms with Gasteiger partial charge in [0.2, 0.25) is 0 Å². The van der Waals surface area contributed by atoms with Crippen LogP contribution in [-0.4, -0.2) is 18.0 Å². The van der Waals surface area contributed by atoms with Crippen molar-refractivity contribution >= 4 is 23.7 Å². The van der Waals surface area contributed by atoms with Gasteiger partial charge in [-0.15, -0.1) is 12.4 Å². The van der Waals surface area contributed by atoms with Crippen LogP contribution in [0.15, 0.2) is 77.5 Å². The van der Waals surface area contributed by atoms with Crippen molar-refractivity contribution in [1.29, 1.82) is 0 Å². The van der Waals surface area contributed by atoms with E-state index in [4.69, 9.17) is 4.74 Å². The first-order valence-corrected chi connectivity index (χ1v) is 12.1. The molecule has 2 nitrogen and oxygen atoms in total. The van der Waals surface area contributed by atoms with E-state index in [9.17, 15) is 0 Å². The second-order valence-corrected chi connectivity index (χ2v) is 9.68. The van der Waals surface area contributed by atoms with E-state index in [1.165, 1.54) is 22.3 Å². The molecule has 0 unspecified atom stereocenters. The van der Waals surface area contributed by atoms with E-state index in [1.54, 1.807) is 11.3 Å². The van der Waals surface area contributed by atoms with Crippen molar-refractivity contribution in [2.45, 2.75) is 40.8 Å². The molecule has 0 fully saturated rings. The van der Waals surface area contributed by atoms with Crippen molar-refractivity contribution in [3.8, 4) is 28.7 Å². The molecule has 0 radical (unpaired) electrons. The molecule has 0 N–H and O–H groups in total. The number of halogens is 1. The van der Waals surface area contributed by atoms with E-state index >= 15 is 0 Å². The van der Waals surface area contributed by atoms with Crippen LogP contribution in [-0.2, 0) is 13.2 Å². The molecular weight excluding hydrogens is 446 g/mol. The van der Waals surface area contributed by atoms with Crippen molar-refractivity contribution in [1.82, 2.24) is 4.90 Å². The highest BCUT2D eigenvalue weighted by atomic mass is 35.5. The lowest BCUT2D eigenvalue weighted by Gasteiger charge is -2.19. The fourth-order valence-corrected chi connectivity index (χ4v) is 3.92. The molecule has 0 aliphatic rings. The summed E-state index contributed by atoms with van der Waals surface area (Å²) in [5.74, 6) is 7.29. The molecule has 0 bridgehead atoms. The van der Waals surface area contributed by atoms with Crippen LogP contribution in [0.1, 0.15) is 38.8 Å². The summed E-state index contributed by atoms with van der Waals surface area (Å²) < 4.78 is 6.12. The van der Waals surface area contributed by atoms with Gasteiger partial charge in [0.1, 0.15) is 12.4 Å². The fraction of sp³-hybridized carbons (Fsp3) is 0.310. The summed E-state index contributed by atoms with van der Waals surface area (Å²) in [7, 11) is 0. The number of rotatable bonds is 9. The Kier molecular flexibility index (Phi) is 10.7. The summed E-state index contributed by atoms with van der Waals surface area (Å²) in [5, 5.41) is 4.29. The highest BCUT2D eigenvalue weighted by Crippen LogP contribution is 2.24. The quantitative estimate of drug-likeness (QED) is 0.290. The summed E-state index contributed by atoms with van der Waals surface area (Å²) in [6.45, 7) is 11.9. The van der Waals surface area contributed by atoms with Gasteiger partial charge < -0.3 is 4.74 Å². The molecule has 33 heavy (non-hydrogen) atoms. The third-order valence-electron chi connectivity index (χ3n) is 4.95. The molecule has 0 saturated heterocycles. The number of allylic oxidation sites excluding steroid dienone is 1. The van der Waals surface area contributed by atoms with Crippen LogP contribution in [0.25, 0.3) is 11.1 Å².